The minimum atomic E-state index is -5.08. The SMILES string of the molecule is O=C(CS(=O)(=O)F)CS(=O)(=O)F. The van der Waals surface area contributed by atoms with Crippen molar-refractivity contribution in [1.82, 2.24) is 0 Å². The van der Waals surface area contributed by atoms with Crippen LogP contribution in [0.4, 0.5) is 7.77 Å². The second-order valence-corrected chi connectivity index (χ2v) is 4.64. The standard InChI is InChI=1S/C3H4F2O5S2/c4-11(7,8)1-3(6)2-12(5,9)10/h1-2H2. The van der Waals surface area contributed by atoms with Gasteiger partial charge in [-0.05, 0) is 0 Å². The van der Waals surface area contributed by atoms with E-state index in [0.29, 0.717) is 0 Å². The molecular weight excluding hydrogens is 218 g/mol. The molecule has 0 saturated carbocycles. The van der Waals surface area contributed by atoms with Crippen molar-refractivity contribution in [2.75, 3.05) is 11.5 Å². The first-order valence-corrected chi connectivity index (χ1v) is 5.57. The first-order valence-electron chi connectivity index (χ1n) is 2.46. The van der Waals surface area contributed by atoms with Crippen molar-refractivity contribution in [2.45, 2.75) is 0 Å². The third-order valence-electron chi connectivity index (χ3n) is 0.667. The van der Waals surface area contributed by atoms with E-state index in [1.807, 2.05) is 0 Å². The topological polar surface area (TPSA) is 85.3 Å². The highest BCUT2D eigenvalue weighted by atomic mass is 32.3. The van der Waals surface area contributed by atoms with Gasteiger partial charge < -0.3 is 0 Å². The molecular formula is C3H4F2O5S2. The van der Waals surface area contributed by atoms with Crippen molar-refractivity contribution in [2.24, 2.45) is 0 Å². The molecule has 5 nitrogen and oxygen atoms in total. The Morgan fingerprint density at radius 1 is 0.917 bits per heavy atom. The first kappa shape index (κ1) is 11.4. The van der Waals surface area contributed by atoms with Crippen LogP contribution in [0, 0.1) is 0 Å². The third kappa shape index (κ3) is 7.54. The molecule has 0 aromatic heterocycles. The van der Waals surface area contributed by atoms with Gasteiger partial charge in [0.05, 0.1) is 0 Å². The summed E-state index contributed by atoms with van der Waals surface area (Å²) in [5, 5.41) is 0. The number of carbonyl (C=O) groups excluding carboxylic acids is 1. The average Bonchev–Trinajstić information content (AvgIpc) is 1.49. The van der Waals surface area contributed by atoms with Crippen molar-refractivity contribution in [1.29, 1.82) is 0 Å². The lowest BCUT2D eigenvalue weighted by Gasteiger charge is -1.91. The van der Waals surface area contributed by atoms with Crippen LogP contribution in [0.1, 0.15) is 0 Å². The molecule has 0 aromatic rings. The minimum Gasteiger partial charge on any atom is -0.297 e. The van der Waals surface area contributed by atoms with Gasteiger partial charge in [0, 0.05) is 0 Å². The Bertz CT molecular complexity index is 329. The Kier molecular flexibility index (Phi) is 3.27. The van der Waals surface area contributed by atoms with E-state index in [9.17, 15) is 29.4 Å². The summed E-state index contributed by atoms with van der Waals surface area (Å²) in [7, 11) is -10.2. The fraction of sp³-hybridized carbons (Fsp3) is 0.667. The summed E-state index contributed by atoms with van der Waals surface area (Å²) in [5.41, 5.74) is 0. The van der Waals surface area contributed by atoms with E-state index in [0.717, 1.165) is 0 Å². The van der Waals surface area contributed by atoms with Crippen LogP contribution in [-0.2, 0) is 25.2 Å². The lowest BCUT2D eigenvalue weighted by molar-refractivity contribution is -0.114. The van der Waals surface area contributed by atoms with E-state index in [-0.39, 0.29) is 0 Å². The summed E-state index contributed by atoms with van der Waals surface area (Å²) < 4.78 is 62.2. The fourth-order valence-electron chi connectivity index (χ4n) is 0.426. The van der Waals surface area contributed by atoms with E-state index in [2.05, 4.69) is 0 Å². The van der Waals surface area contributed by atoms with Crippen LogP contribution in [0.25, 0.3) is 0 Å². The molecule has 0 aliphatic carbocycles. The largest absolute Gasteiger partial charge is 0.309 e. The number of Topliss-reactive ketones (excluding diaryl/α,β-unsaturated/α-hetero) is 1. The van der Waals surface area contributed by atoms with Gasteiger partial charge in [-0.1, -0.05) is 0 Å². The summed E-state index contributed by atoms with van der Waals surface area (Å²) >= 11 is 0. The molecule has 0 saturated heterocycles. The smallest absolute Gasteiger partial charge is 0.297 e. The van der Waals surface area contributed by atoms with Gasteiger partial charge >= 0.3 is 20.4 Å². The van der Waals surface area contributed by atoms with Gasteiger partial charge in [-0.25, -0.2) is 0 Å². The second kappa shape index (κ2) is 3.44. The van der Waals surface area contributed by atoms with Crippen LogP contribution in [0.3, 0.4) is 0 Å². The summed E-state index contributed by atoms with van der Waals surface area (Å²) in [5.74, 6) is -4.77. The van der Waals surface area contributed by atoms with Gasteiger partial charge in [0.2, 0.25) is 0 Å². The van der Waals surface area contributed by atoms with Gasteiger partial charge in [-0.2, -0.15) is 16.8 Å². The van der Waals surface area contributed by atoms with E-state index >= 15 is 0 Å². The van der Waals surface area contributed by atoms with Crippen LogP contribution < -0.4 is 0 Å². The maximum absolute atomic E-state index is 11.6. The van der Waals surface area contributed by atoms with E-state index in [1.165, 1.54) is 0 Å². The van der Waals surface area contributed by atoms with Crippen molar-refractivity contribution in [3.63, 3.8) is 0 Å². The zero-order valence-corrected chi connectivity index (χ0v) is 7.16. The molecule has 0 atom stereocenters. The number of ketones is 1. The number of carbonyl (C=O) groups is 1. The zero-order chi connectivity index (χ0) is 9.99. The molecule has 12 heavy (non-hydrogen) atoms. The van der Waals surface area contributed by atoms with Crippen molar-refractivity contribution >= 4 is 26.2 Å². The molecule has 0 aliphatic rings. The molecule has 0 unspecified atom stereocenters. The number of rotatable bonds is 4. The molecule has 9 heteroatoms. The Morgan fingerprint density at radius 3 is 1.33 bits per heavy atom. The highest BCUT2D eigenvalue weighted by Gasteiger charge is 2.20. The van der Waals surface area contributed by atoms with Gasteiger partial charge in [0.15, 0.2) is 5.78 Å². The van der Waals surface area contributed by atoms with Crippen molar-refractivity contribution in [3.05, 3.63) is 0 Å². The first-order chi connectivity index (χ1) is 5.10. The highest BCUT2D eigenvalue weighted by Crippen LogP contribution is 1.96. The Labute approximate surface area is 67.8 Å². The molecule has 0 fully saturated rings. The van der Waals surface area contributed by atoms with E-state index < -0.39 is 37.7 Å². The van der Waals surface area contributed by atoms with Gasteiger partial charge in [0.1, 0.15) is 11.5 Å². The van der Waals surface area contributed by atoms with Crippen molar-refractivity contribution in [3.8, 4) is 0 Å². The van der Waals surface area contributed by atoms with Crippen molar-refractivity contribution < 1.29 is 29.4 Å². The lowest BCUT2D eigenvalue weighted by atomic mass is 10.5. The zero-order valence-electron chi connectivity index (χ0n) is 5.53. The second-order valence-electron chi connectivity index (χ2n) is 1.91. The lowest BCUT2D eigenvalue weighted by Crippen LogP contribution is -2.19. The van der Waals surface area contributed by atoms with Gasteiger partial charge in [-0.15, -0.1) is 7.77 Å². The number of hydrogen-bond acceptors (Lipinski definition) is 5. The monoisotopic (exact) mass is 222 g/mol. The quantitative estimate of drug-likeness (QED) is 0.578. The van der Waals surface area contributed by atoms with Gasteiger partial charge in [0.25, 0.3) is 0 Å². The Balaban J connectivity index is 4.30. The molecule has 0 radical (unpaired) electrons. The molecule has 0 aromatic carbocycles. The van der Waals surface area contributed by atoms with Crippen LogP contribution in [-0.4, -0.2) is 34.1 Å². The predicted molar refractivity (Wildman–Crippen MR) is 34.8 cm³/mol. The summed E-state index contributed by atoms with van der Waals surface area (Å²) in [6, 6.07) is 0. The number of halogens is 2. The fourth-order valence-corrected chi connectivity index (χ4v) is 1.53. The normalized spacial score (nSPS) is 12.8. The highest BCUT2D eigenvalue weighted by molar-refractivity contribution is 7.88. The predicted octanol–water partition coefficient (Wildman–Crippen LogP) is -0.846. The summed E-state index contributed by atoms with van der Waals surface area (Å²) in [4.78, 5) is 10.2. The maximum atomic E-state index is 11.6. The summed E-state index contributed by atoms with van der Waals surface area (Å²) in [6.07, 6.45) is 0. The van der Waals surface area contributed by atoms with Crippen LogP contribution in [0.15, 0.2) is 0 Å². The molecule has 0 rings (SSSR count). The molecule has 0 spiro atoms. The Hall–Kier alpha value is -0.570. The molecule has 0 amide bonds. The van der Waals surface area contributed by atoms with Gasteiger partial charge in [-0.3, -0.25) is 4.79 Å². The Morgan fingerprint density at radius 2 is 1.17 bits per heavy atom. The maximum Gasteiger partial charge on any atom is 0.309 e. The third-order valence-corrected chi connectivity index (χ3v) is 2.00. The molecule has 0 bridgehead atoms. The molecule has 72 valence electrons. The van der Waals surface area contributed by atoms with Crippen LogP contribution in [0.2, 0.25) is 0 Å². The van der Waals surface area contributed by atoms with Crippen LogP contribution >= 0.6 is 0 Å². The molecule has 0 heterocycles. The molecule has 0 aliphatic heterocycles. The van der Waals surface area contributed by atoms with E-state index in [1.54, 1.807) is 0 Å². The average molecular weight is 222 g/mol. The van der Waals surface area contributed by atoms with E-state index in [4.69, 9.17) is 0 Å². The summed E-state index contributed by atoms with van der Waals surface area (Å²) in [6.45, 7) is 0. The van der Waals surface area contributed by atoms with Crippen LogP contribution in [0.5, 0.6) is 0 Å². The molecule has 0 N–H and O–H groups in total. The number of hydrogen-bond donors (Lipinski definition) is 0. The minimum absolute atomic E-state index is 1.54.